The van der Waals surface area contributed by atoms with E-state index in [9.17, 15) is 25.1 Å². The van der Waals surface area contributed by atoms with Gasteiger partial charge in [-0.05, 0) is 26.0 Å². The van der Waals surface area contributed by atoms with E-state index in [1.54, 1.807) is 6.92 Å². The summed E-state index contributed by atoms with van der Waals surface area (Å²) in [4.78, 5) is 22.2. The van der Waals surface area contributed by atoms with Crippen molar-refractivity contribution in [2.24, 2.45) is 0 Å². The zero-order chi connectivity index (χ0) is 16.0. The molecule has 0 heterocycles. The van der Waals surface area contributed by atoms with E-state index < -0.39 is 29.6 Å². The Morgan fingerprint density at radius 2 is 2.00 bits per heavy atom. The second-order valence-electron chi connectivity index (χ2n) is 4.85. The van der Waals surface area contributed by atoms with Crippen LogP contribution in [-0.2, 0) is 0 Å². The van der Waals surface area contributed by atoms with Crippen LogP contribution >= 0.6 is 0 Å². The van der Waals surface area contributed by atoms with Gasteiger partial charge in [0.25, 0.3) is 11.6 Å². The van der Waals surface area contributed by atoms with Crippen LogP contribution in [-0.4, -0.2) is 46.3 Å². The molecule has 1 rings (SSSR count). The van der Waals surface area contributed by atoms with Crippen molar-refractivity contribution in [1.29, 1.82) is 0 Å². The van der Waals surface area contributed by atoms with E-state index in [4.69, 9.17) is 0 Å². The molecule has 0 aliphatic carbocycles. The average Bonchev–Trinajstić information content (AvgIpc) is 2.47. The maximum atomic E-state index is 11.7. The van der Waals surface area contributed by atoms with E-state index in [0.717, 1.165) is 6.07 Å². The van der Waals surface area contributed by atoms with Gasteiger partial charge in [-0.2, -0.15) is 0 Å². The molecule has 0 spiro atoms. The fourth-order valence-corrected chi connectivity index (χ4v) is 1.65. The highest BCUT2D eigenvalue weighted by Gasteiger charge is 2.26. The maximum absolute atomic E-state index is 11.7. The number of amides is 1. The van der Waals surface area contributed by atoms with E-state index >= 15 is 0 Å². The summed E-state index contributed by atoms with van der Waals surface area (Å²) in [6.07, 6.45) is 0. The summed E-state index contributed by atoms with van der Waals surface area (Å²) in [5.41, 5.74) is -1.10. The zero-order valence-corrected chi connectivity index (χ0v) is 11.9. The molecule has 116 valence electrons. The molecule has 0 saturated heterocycles. The highest BCUT2D eigenvalue weighted by atomic mass is 16.6. The van der Waals surface area contributed by atoms with Gasteiger partial charge in [0.15, 0.2) is 0 Å². The van der Waals surface area contributed by atoms with Crippen LogP contribution < -0.4 is 10.6 Å². The standard InChI is InChI=1S/C13H19N3O5/c1-3-14-12(19)9-4-5-10(11(6-9)16(20)21)15-13(2,7-17)8-18/h4-6,15,17-18H,3,7-8H2,1-2H3,(H,14,19). The van der Waals surface area contributed by atoms with Gasteiger partial charge in [0.1, 0.15) is 5.69 Å². The van der Waals surface area contributed by atoms with Crippen LogP contribution in [0.3, 0.4) is 0 Å². The molecule has 1 aromatic rings. The third-order valence-electron chi connectivity index (χ3n) is 2.93. The third kappa shape index (κ3) is 4.14. The largest absolute Gasteiger partial charge is 0.394 e. The number of rotatable bonds is 7. The summed E-state index contributed by atoms with van der Waals surface area (Å²) in [5, 5.41) is 34.9. The molecular weight excluding hydrogens is 278 g/mol. The molecule has 0 aliphatic heterocycles. The van der Waals surface area contributed by atoms with E-state index in [2.05, 4.69) is 10.6 Å². The number of carbonyl (C=O) groups is 1. The average molecular weight is 297 g/mol. The van der Waals surface area contributed by atoms with Gasteiger partial charge in [-0.15, -0.1) is 0 Å². The quantitative estimate of drug-likeness (QED) is 0.429. The number of nitrogens with one attached hydrogen (secondary N) is 2. The summed E-state index contributed by atoms with van der Waals surface area (Å²) in [6.45, 7) is 2.88. The Balaban J connectivity index is 3.17. The minimum Gasteiger partial charge on any atom is -0.394 e. The van der Waals surface area contributed by atoms with Crippen LogP contribution in [0.4, 0.5) is 11.4 Å². The number of hydrogen-bond acceptors (Lipinski definition) is 6. The van der Waals surface area contributed by atoms with E-state index in [1.165, 1.54) is 19.1 Å². The molecule has 0 unspecified atom stereocenters. The smallest absolute Gasteiger partial charge is 0.293 e. The van der Waals surface area contributed by atoms with E-state index in [0.29, 0.717) is 6.54 Å². The Hall–Kier alpha value is -2.19. The highest BCUT2D eigenvalue weighted by Crippen LogP contribution is 2.28. The minimum absolute atomic E-state index is 0.124. The van der Waals surface area contributed by atoms with Crippen molar-refractivity contribution < 1.29 is 19.9 Å². The van der Waals surface area contributed by atoms with Crippen molar-refractivity contribution in [3.8, 4) is 0 Å². The van der Waals surface area contributed by atoms with E-state index in [-0.39, 0.29) is 16.9 Å². The van der Waals surface area contributed by atoms with Gasteiger partial charge < -0.3 is 20.8 Å². The van der Waals surface area contributed by atoms with Gasteiger partial charge in [0.05, 0.1) is 23.7 Å². The first kappa shape index (κ1) is 16.9. The van der Waals surface area contributed by atoms with Crippen LogP contribution in [0.5, 0.6) is 0 Å². The Labute approximate surface area is 121 Å². The lowest BCUT2D eigenvalue weighted by atomic mass is 10.0. The van der Waals surface area contributed by atoms with Crippen LogP contribution in [0.25, 0.3) is 0 Å². The molecule has 8 nitrogen and oxygen atoms in total. The first-order chi connectivity index (χ1) is 9.86. The Bertz CT molecular complexity index is 529. The molecule has 0 fully saturated rings. The number of nitrogens with zero attached hydrogens (tertiary/aromatic N) is 1. The summed E-state index contributed by atoms with van der Waals surface area (Å²) >= 11 is 0. The van der Waals surface area contributed by atoms with Gasteiger partial charge in [-0.1, -0.05) is 0 Å². The van der Waals surface area contributed by atoms with Crippen molar-refractivity contribution >= 4 is 17.3 Å². The molecule has 21 heavy (non-hydrogen) atoms. The van der Waals surface area contributed by atoms with Crippen LogP contribution in [0.2, 0.25) is 0 Å². The van der Waals surface area contributed by atoms with Crippen molar-refractivity contribution in [3.05, 3.63) is 33.9 Å². The highest BCUT2D eigenvalue weighted by molar-refractivity contribution is 5.95. The van der Waals surface area contributed by atoms with Gasteiger partial charge in [-0.25, -0.2) is 0 Å². The van der Waals surface area contributed by atoms with Crippen LogP contribution in [0.15, 0.2) is 18.2 Å². The fourth-order valence-electron chi connectivity index (χ4n) is 1.65. The molecule has 0 saturated carbocycles. The number of anilines is 1. The van der Waals surface area contributed by atoms with Gasteiger partial charge >= 0.3 is 0 Å². The number of carbonyl (C=O) groups excluding carboxylic acids is 1. The number of nitro benzene ring substituents is 1. The number of benzene rings is 1. The Morgan fingerprint density at radius 3 is 2.48 bits per heavy atom. The molecular formula is C13H19N3O5. The second kappa shape index (κ2) is 7.00. The predicted molar refractivity (Wildman–Crippen MR) is 77.3 cm³/mol. The molecule has 8 heteroatoms. The molecule has 0 radical (unpaired) electrons. The van der Waals surface area contributed by atoms with Gasteiger partial charge in [-0.3, -0.25) is 14.9 Å². The summed E-state index contributed by atoms with van der Waals surface area (Å²) < 4.78 is 0. The molecule has 4 N–H and O–H groups in total. The molecule has 0 bridgehead atoms. The Kier molecular flexibility index (Phi) is 5.62. The van der Waals surface area contributed by atoms with Gasteiger partial charge in [0.2, 0.25) is 0 Å². The summed E-state index contributed by atoms with van der Waals surface area (Å²) in [5.74, 6) is -0.403. The summed E-state index contributed by atoms with van der Waals surface area (Å²) in [7, 11) is 0. The van der Waals surface area contributed by atoms with Crippen molar-refractivity contribution in [2.45, 2.75) is 19.4 Å². The zero-order valence-electron chi connectivity index (χ0n) is 11.9. The van der Waals surface area contributed by atoms with Crippen LogP contribution in [0.1, 0.15) is 24.2 Å². The topological polar surface area (TPSA) is 125 Å². The lowest BCUT2D eigenvalue weighted by Crippen LogP contribution is -2.42. The Morgan fingerprint density at radius 1 is 1.38 bits per heavy atom. The molecule has 1 aromatic carbocycles. The number of hydrogen-bond donors (Lipinski definition) is 4. The second-order valence-corrected chi connectivity index (χ2v) is 4.85. The lowest BCUT2D eigenvalue weighted by Gasteiger charge is -2.27. The van der Waals surface area contributed by atoms with Crippen LogP contribution in [0, 0.1) is 10.1 Å². The van der Waals surface area contributed by atoms with Gasteiger partial charge in [0, 0.05) is 18.2 Å². The third-order valence-corrected chi connectivity index (χ3v) is 2.93. The molecule has 1 amide bonds. The maximum Gasteiger partial charge on any atom is 0.293 e. The van der Waals surface area contributed by atoms with Crippen molar-refractivity contribution in [3.63, 3.8) is 0 Å². The predicted octanol–water partition coefficient (Wildman–Crippen LogP) is 0.500. The molecule has 0 aliphatic rings. The van der Waals surface area contributed by atoms with Crippen molar-refractivity contribution in [2.75, 3.05) is 25.1 Å². The SMILES string of the molecule is CCNC(=O)c1ccc(NC(C)(CO)CO)c([N+](=O)[O-])c1. The van der Waals surface area contributed by atoms with Crippen molar-refractivity contribution in [1.82, 2.24) is 5.32 Å². The molecule has 0 atom stereocenters. The normalized spacial score (nSPS) is 11.0. The summed E-state index contributed by atoms with van der Waals surface area (Å²) in [6, 6.07) is 3.98. The fraction of sp³-hybridized carbons (Fsp3) is 0.462. The van der Waals surface area contributed by atoms with E-state index in [1.807, 2.05) is 0 Å². The minimum atomic E-state index is -1.10. The number of aliphatic hydroxyl groups is 2. The number of nitro groups is 1. The molecule has 0 aromatic heterocycles. The lowest BCUT2D eigenvalue weighted by molar-refractivity contribution is -0.384. The first-order valence-corrected chi connectivity index (χ1v) is 6.43. The monoisotopic (exact) mass is 297 g/mol. The first-order valence-electron chi connectivity index (χ1n) is 6.43. The number of aliphatic hydroxyl groups excluding tert-OH is 2.